The monoisotopic (exact) mass is 313 g/mol. The van der Waals surface area contributed by atoms with Crippen LogP contribution in [-0.2, 0) is 6.54 Å². The number of nitrogens with zero attached hydrogens (tertiary/aromatic N) is 2. The summed E-state index contributed by atoms with van der Waals surface area (Å²) >= 11 is 0. The molecule has 3 rings (SSSR count). The lowest BCUT2D eigenvalue weighted by Gasteiger charge is -2.39. The average Bonchev–Trinajstić information content (AvgIpc) is 2.60. The molecule has 2 N–H and O–H groups in total. The average molecular weight is 313 g/mol. The van der Waals surface area contributed by atoms with E-state index in [-0.39, 0.29) is 5.82 Å². The van der Waals surface area contributed by atoms with Crippen molar-refractivity contribution in [3.63, 3.8) is 0 Å². The molecule has 4 heteroatoms. The standard InChI is InChI=1S/C19H24FN3/c20-18-8-6-16(7-9-18)15-22-10-12-23(13-11-22)19(14-21)17-4-2-1-3-5-17/h1-9,19H,10-15,21H2/t19-/m1/s1. The van der Waals surface area contributed by atoms with Gasteiger partial charge in [0.25, 0.3) is 0 Å². The number of hydrogen-bond donors (Lipinski definition) is 1. The Morgan fingerprint density at radius 3 is 2.17 bits per heavy atom. The molecule has 0 aromatic heterocycles. The van der Waals surface area contributed by atoms with Crippen molar-refractivity contribution in [1.82, 2.24) is 9.80 Å². The highest BCUT2D eigenvalue weighted by Crippen LogP contribution is 2.21. The van der Waals surface area contributed by atoms with Gasteiger partial charge in [-0.05, 0) is 23.3 Å². The van der Waals surface area contributed by atoms with Crippen molar-refractivity contribution in [2.24, 2.45) is 5.73 Å². The summed E-state index contributed by atoms with van der Waals surface area (Å²) in [5, 5.41) is 0. The topological polar surface area (TPSA) is 32.5 Å². The fraction of sp³-hybridized carbons (Fsp3) is 0.368. The van der Waals surface area contributed by atoms with Crippen molar-refractivity contribution < 1.29 is 4.39 Å². The Morgan fingerprint density at radius 2 is 1.57 bits per heavy atom. The number of halogens is 1. The van der Waals surface area contributed by atoms with Gasteiger partial charge in [-0.3, -0.25) is 9.80 Å². The van der Waals surface area contributed by atoms with Crippen molar-refractivity contribution in [3.8, 4) is 0 Å². The van der Waals surface area contributed by atoms with Crippen LogP contribution in [0.1, 0.15) is 17.2 Å². The molecule has 0 aliphatic carbocycles. The van der Waals surface area contributed by atoms with E-state index < -0.39 is 0 Å². The second-order valence-electron chi connectivity index (χ2n) is 6.10. The Labute approximate surface area is 137 Å². The molecule has 2 aromatic carbocycles. The molecule has 1 aliphatic rings. The van der Waals surface area contributed by atoms with E-state index in [4.69, 9.17) is 5.73 Å². The second kappa shape index (κ2) is 7.68. The Bertz CT molecular complexity index is 592. The van der Waals surface area contributed by atoms with E-state index in [0.717, 1.165) is 32.7 Å². The lowest BCUT2D eigenvalue weighted by molar-refractivity contribution is 0.0941. The van der Waals surface area contributed by atoms with Crippen molar-refractivity contribution in [3.05, 3.63) is 71.5 Å². The van der Waals surface area contributed by atoms with Gasteiger partial charge in [0.2, 0.25) is 0 Å². The molecule has 0 spiro atoms. The molecule has 0 saturated carbocycles. The normalized spacial score (nSPS) is 18.0. The molecule has 0 bridgehead atoms. The fourth-order valence-electron chi connectivity index (χ4n) is 3.25. The van der Waals surface area contributed by atoms with E-state index in [1.807, 2.05) is 18.2 Å². The van der Waals surface area contributed by atoms with E-state index in [1.54, 1.807) is 0 Å². The minimum absolute atomic E-state index is 0.174. The van der Waals surface area contributed by atoms with Gasteiger partial charge in [-0.2, -0.15) is 0 Å². The summed E-state index contributed by atoms with van der Waals surface area (Å²) in [4.78, 5) is 4.89. The van der Waals surface area contributed by atoms with Gasteiger partial charge in [-0.1, -0.05) is 42.5 Å². The molecule has 1 aliphatic heterocycles. The first kappa shape index (κ1) is 16.1. The zero-order valence-electron chi connectivity index (χ0n) is 13.4. The third kappa shape index (κ3) is 4.16. The first-order valence-corrected chi connectivity index (χ1v) is 8.22. The smallest absolute Gasteiger partial charge is 0.123 e. The molecular weight excluding hydrogens is 289 g/mol. The third-order valence-corrected chi connectivity index (χ3v) is 4.57. The minimum Gasteiger partial charge on any atom is -0.329 e. The van der Waals surface area contributed by atoms with Crippen LogP contribution in [0.4, 0.5) is 4.39 Å². The summed E-state index contributed by atoms with van der Waals surface area (Å²) in [6, 6.07) is 17.6. The number of benzene rings is 2. The van der Waals surface area contributed by atoms with Gasteiger partial charge in [0.05, 0.1) is 0 Å². The Hall–Kier alpha value is -1.75. The van der Waals surface area contributed by atoms with E-state index in [0.29, 0.717) is 12.6 Å². The maximum absolute atomic E-state index is 13.0. The largest absolute Gasteiger partial charge is 0.329 e. The highest BCUT2D eigenvalue weighted by molar-refractivity contribution is 5.20. The van der Waals surface area contributed by atoms with Gasteiger partial charge in [0.15, 0.2) is 0 Å². The molecule has 0 radical (unpaired) electrons. The van der Waals surface area contributed by atoms with Crippen LogP contribution in [0.3, 0.4) is 0 Å². The van der Waals surface area contributed by atoms with Crippen LogP contribution in [0.25, 0.3) is 0 Å². The van der Waals surface area contributed by atoms with Gasteiger partial charge in [0, 0.05) is 45.3 Å². The Kier molecular flexibility index (Phi) is 5.39. The molecule has 1 heterocycles. The summed E-state index contributed by atoms with van der Waals surface area (Å²) in [6.45, 7) is 5.58. The fourth-order valence-corrected chi connectivity index (χ4v) is 3.25. The zero-order valence-corrected chi connectivity index (χ0v) is 13.4. The van der Waals surface area contributed by atoms with E-state index in [9.17, 15) is 4.39 Å². The number of nitrogens with two attached hydrogens (primary N) is 1. The van der Waals surface area contributed by atoms with Crippen molar-refractivity contribution in [2.75, 3.05) is 32.7 Å². The molecule has 3 nitrogen and oxygen atoms in total. The van der Waals surface area contributed by atoms with Crippen molar-refractivity contribution in [2.45, 2.75) is 12.6 Å². The summed E-state index contributed by atoms with van der Waals surface area (Å²) < 4.78 is 13.0. The molecule has 1 fully saturated rings. The van der Waals surface area contributed by atoms with Crippen LogP contribution in [0.5, 0.6) is 0 Å². The Balaban J connectivity index is 1.56. The third-order valence-electron chi connectivity index (χ3n) is 4.57. The van der Waals surface area contributed by atoms with Gasteiger partial charge in [0.1, 0.15) is 5.82 Å². The SMILES string of the molecule is NC[C@H](c1ccccc1)N1CCN(Cc2ccc(F)cc2)CC1. The molecule has 2 aromatic rings. The number of hydrogen-bond acceptors (Lipinski definition) is 3. The van der Waals surface area contributed by atoms with E-state index >= 15 is 0 Å². The van der Waals surface area contributed by atoms with Gasteiger partial charge < -0.3 is 5.73 Å². The molecule has 0 amide bonds. The molecule has 1 saturated heterocycles. The predicted molar refractivity (Wildman–Crippen MR) is 91.5 cm³/mol. The molecule has 122 valence electrons. The summed E-state index contributed by atoms with van der Waals surface area (Å²) in [7, 11) is 0. The lowest BCUT2D eigenvalue weighted by atomic mass is 10.0. The first-order chi connectivity index (χ1) is 11.3. The van der Waals surface area contributed by atoms with Gasteiger partial charge in [-0.15, -0.1) is 0 Å². The lowest BCUT2D eigenvalue weighted by Crippen LogP contribution is -2.48. The van der Waals surface area contributed by atoms with Crippen molar-refractivity contribution >= 4 is 0 Å². The maximum Gasteiger partial charge on any atom is 0.123 e. The first-order valence-electron chi connectivity index (χ1n) is 8.22. The summed E-state index contributed by atoms with van der Waals surface area (Å²) in [5.41, 5.74) is 8.48. The quantitative estimate of drug-likeness (QED) is 0.921. The van der Waals surface area contributed by atoms with Crippen LogP contribution in [0, 0.1) is 5.82 Å². The molecule has 23 heavy (non-hydrogen) atoms. The Morgan fingerprint density at radius 1 is 0.913 bits per heavy atom. The number of piperazine rings is 1. The zero-order chi connectivity index (χ0) is 16.1. The molecule has 0 unspecified atom stereocenters. The summed E-state index contributed by atoms with van der Waals surface area (Å²) in [6.07, 6.45) is 0. The molecular formula is C19H24FN3. The van der Waals surface area contributed by atoms with Crippen LogP contribution < -0.4 is 5.73 Å². The highest BCUT2D eigenvalue weighted by Gasteiger charge is 2.23. The maximum atomic E-state index is 13.0. The second-order valence-corrected chi connectivity index (χ2v) is 6.10. The highest BCUT2D eigenvalue weighted by atomic mass is 19.1. The van der Waals surface area contributed by atoms with E-state index in [1.165, 1.54) is 23.3 Å². The van der Waals surface area contributed by atoms with E-state index in [2.05, 4.69) is 34.1 Å². The number of rotatable bonds is 5. The van der Waals surface area contributed by atoms with Crippen molar-refractivity contribution in [1.29, 1.82) is 0 Å². The predicted octanol–water partition coefficient (Wildman–Crippen LogP) is 2.64. The van der Waals surface area contributed by atoms with Crippen LogP contribution in [-0.4, -0.2) is 42.5 Å². The molecule has 1 atom stereocenters. The van der Waals surface area contributed by atoms with Gasteiger partial charge in [-0.25, -0.2) is 4.39 Å². The van der Waals surface area contributed by atoms with Crippen LogP contribution in [0.15, 0.2) is 54.6 Å². The van der Waals surface area contributed by atoms with Gasteiger partial charge >= 0.3 is 0 Å². The van der Waals surface area contributed by atoms with Crippen LogP contribution >= 0.6 is 0 Å². The minimum atomic E-state index is -0.174. The summed E-state index contributed by atoms with van der Waals surface area (Å²) in [5.74, 6) is -0.174. The van der Waals surface area contributed by atoms with Crippen LogP contribution in [0.2, 0.25) is 0 Å².